The summed E-state index contributed by atoms with van der Waals surface area (Å²) in [4.78, 5) is 5.98. The normalized spacial score (nSPS) is 12.6. The summed E-state index contributed by atoms with van der Waals surface area (Å²) in [6, 6.07) is 9.41. The van der Waals surface area contributed by atoms with Crippen molar-refractivity contribution >= 4 is 11.3 Å². The number of aryl methyl sites for hydroxylation is 3. The fourth-order valence-corrected chi connectivity index (χ4v) is 3.60. The van der Waals surface area contributed by atoms with E-state index in [-0.39, 0.29) is 0 Å². The molecule has 0 saturated heterocycles. The lowest BCUT2D eigenvalue weighted by molar-refractivity contribution is 0.533. The van der Waals surface area contributed by atoms with Crippen LogP contribution in [0.5, 0.6) is 0 Å². The van der Waals surface area contributed by atoms with Gasteiger partial charge in [0.05, 0.1) is 10.7 Å². The Hall–Kier alpha value is -1.19. The number of thiazole rings is 1. The van der Waals surface area contributed by atoms with Gasteiger partial charge in [-0.25, -0.2) is 4.98 Å². The average Bonchev–Trinajstić information content (AvgIpc) is 2.83. The van der Waals surface area contributed by atoms with E-state index >= 15 is 0 Å². The molecule has 114 valence electrons. The van der Waals surface area contributed by atoms with Gasteiger partial charge in [0.1, 0.15) is 0 Å². The highest BCUT2D eigenvalue weighted by Crippen LogP contribution is 2.27. The molecule has 1 aromatic carbocycles. The van der Waals surface area contributed by atoms with E-state index < -0.39 is 0 Å². The van der Waals surface area contributed by atoms with Gasteiger partial charge in [0, 0.05) is 10.9 Å². The molecule has 0 spiro atoms. The zero-order valence-electron chi connectivity index (χ0n) is 13.6. The Balaban J connectivity index is 2.17. The highest BCUT2D eigenvalue weighted by Gasteiger charge is 2.17. The van der Waals surface area contributed by atoms with E-state index in [9.17, 15) is 0 Å². The topological polar surface area (TPSA) is 24.9 Å². The molecule has 21 heavy (non-hydrogen) atoms. The maximum Gasteiger partial charge on any atom is 0.0900 e. The van der Waals surface area contributed by atoms with E-state index in [4.69, 9.17) is 0 Å². The van der Waals surface area contributed by atoms with E-state index in [1.54, 1.807) is 0 Å². The van der Waals surface area contributed by atoms with E-state index in [0.717, 1.165) is 30.8 Å². The Morgan fingerprint density at radius 1 is 1.10 bits per heavy atom. The predicted octanol–water partition coefficient (Wildman–Crippen LogP) is 4.61. The van der Waals surface area contributed by atoms with Gasteiger partial charge in [0.25, 0.3) is 0 Å². The van der Waals surface area contributed by atoms with E-state index in [1.807, 2.05) is 11.3 Å². The highest BCUT2D eigenvalue weighted by molar-refractivity contribution is 7.11. The Kier molecular flexibility index (Phi) is 5.95. The van der Waals surface area contributed by atoms with Crippen LogP contribution in [-0.2, 0) is 12.8 Å². The van der Waals surface area contributed by atoms with Gasteiger partial charge >= 0.3 is 0 Å². The average molecular weight is 302 g/mol. The number of hydrogen-bond acceptors (Lipinski definition) is 3. The summed E-state index contributed by atoms with van der Waals surface area (Å²) in [6.07, 6.45) is 3.29. The molecule has 0 bridgehead atoms. The van der Waals surface area contributed by atoms with Gasteiger partial charge in [-0.1, -0.05) is 38.1 Å². The van der Waals surface area contributed by atoms with Crippen LogP contribution >= 0.6 is 11.3 Å². The third kappa shape index (κ3) is 4.39. The molecule has 0 fully saturated rings. The first-order valence-corrected chi connectivity index (χ1v) is 8.70. The molecule has 1 N–H and O–H groups in total. The van der Waals surface area contributed by atoms with E-state index in [1.165, 1.54) is 21.7 Å². The Morgan fingerprint density at radius 3 is 2.29 bits per heavy atom. The Morgan fingerprint density at radius 2 is 1.76 bits per heavy atom. The second-order valence-electron chi connectivity index (χ2n) is 5.56. The predicted molar refractivity (Wildman–Crippen MR) is 92.1 cm³/mol. The molecule has 1 unspecified atom stereocenters. The lowest BCUT2D eigenvalue weighted by Crippen LogP contribution is -2.24. The molecule has 0 aliphatic heterocycles. The first-order valence-electron chi connectivity index (χ1n) is 7.89. The molecule has 1 aromatic heterocycles. The van der Waals surface area contributed by atoms with Crippen LogP contribution in [-0.4, -0.2) is 11.5 Å². The fourth-order valence-electron chi connectivity index (χ4n) is 2.59. The van der Waals surface area contributed by atoms with Crippen molar-refractivity contribution < 1.29 is 0 Å². The van der Waals surface area contributed by atoms with Crippen LogP contribution in [0.25, 0.3) is 0 Å². The van der Waals surface area contributed by atoms with Crippen molar-refractivity contribution in [2.24, 2.45) is 0 Å². The van der Waals surface area contributed by atoms with Crippen molar-refractivity contribution in [3.63, 3.8) is 0 Å². The minimum atomic E-state index is 0.378. The lowest BCUT2D eigenvalue weighted by Gasteiger charge is -2.18. The van der Waals surface area contributed by atoms with Crippen LogP contribution in [0.15, 0.2) is 24.3 Å². The van der Waals surface area contributed by atoms with Crippen molar-refractivity contribution in [1.82, 2.24) is 10.3 Å². The van der Waals surface area contributed by atoms with Gasteiger partial charge in [-0.3, -0.25) is 0 Å². The van der Waals surface area contributed by atoms with Crippen LogP contribution in [0.1, 0.15) is 53.0 Å². The first-order chi connectivity index (χ1) is 10.1. The maximum absolute atomic E-state index is 4.59. The lowest BCUT2D eigenvalue weighted by atomic mass is 10.0. The van der Waals surface area contributed by atoms with Crippen LogP contribution in [0.3, 0.4) is 0 Å². The third-order valence-electron chi connectivity index (χ3n) is 3.77. The van der Waals surface area contributed by atoms with Crippen LogP contribution in [0, 0.1) is 13.8 Å². The van der Waals surface area contributed by atoms with Crippen molar-refractivity contribution in [3.05, 3.63) is 51.0 Å². The largest absolute Gasteiger partial charge is 0.309 e. The van der Waals surface area contributed by atoms with E-state index in [0.29, 0.717) is 6.04 Å². The molecule has 0 aliphatic carbocycles. The molecule has 1 heterocycles. The molecule has 3 heteroatoms. The summed E-state index contributed by atoms with van der Waals surface area (Å²) in [5.74, 6) is 0. The first kappa shape index (κ1) is 16.2. The van der Waals surface area contributed by atoms with Gasteiger partial charge in [-0.05, 0) is 50.8 Å². The zero-order valence-corrected chi connectivity index (χ0v) is 14.4. The van der Waals surface area contributed by atoms with Gasteiger partial charge in [0.2, 0.25) is 0 Å². The molecule has 2 nitrogen and oxygen atoms in total. The number of nitrogens with zero attached hydrogens (tertiary/aromatic N) is 1. The molecule has 1 atom stereocenters. The Bertz CT molecular complexity index is 557. The number of benzene rings is 1. The minimum absolute atomic E-state index is 0.378. The number of nitrogens with one attached hydrogen (secondary N) is 1. The summed E-state index contributed by atoms with van der Waals surface area (Å²) in [5, 5.41) is 4.85. The molecule has 2 rings (SSSR count). The van der Waals surface area contributed by atoms with Crippen molar-refractivity contribution in [2.75, 3.05) is 6.54 Å². The summed E-state index contributed by atoms with van der Waals surface area (Å²) in [5.41, 5.74) is 3.98. The second-order valence-corrected chi connectivity index (χ2v) is 6.80. The summed E-state index contributed by atoms with van der Waals surface area (Å²) >= 11 is 1.83. The molecular formula is C18H26N2S. The molecule has 0 aliphatic rings. The molecule has 0 amide bonds. The quantitative estimate of drug-likeness (QED) is 0.808. The van der Waals surface area contributed by atoms with E-state index in [2.05, 4.69) is 62.3 Å². The maximum atomic E-state index is 4.59. The zero-order chi connectivity index (χ0) is 15.2. The summed E-state index contributed by atoms with van der Waals surface area (Å²) in [6.45, 7) is 9.68. The minimum Gasteiger partial charge on any atom is -0.309 e. The molecule has 0 radical (unpaired) electrons. The van der Waals surface area contributed by atoms with Gasteiger partial charge in [-0.15, -0.1) is 11.3 Å². The summed E-state index contributed by atoms with van der Waals surface area (Å²) < 4.78 is 0. The molecule has 2 aromatic rings. The van der Waals surface area contributed by atoms with Gasteiger partial charge in [-0.2, -0.15) is 0 Å². The van der Waals surface area contributed by atoms with Crippen LogP contribution in [0.4, 0.5) is 0 Å². The SMILES string of the molecule is CCCNC(Cc1ccc(CC)cc1)c1sc(C)nc1C. The number of aromatic nitrogens is 1. The number of rotatable bonds is 7. The monoisotopic (exact) mass is 302 g/mol. The second kappa shape index (κ2) is 7.71. The van der Waals surface area contributed by atoms with Gasteiger partial charge in [0.15, 0.2) is 0 Å². The Labute approximate surface area is 132 Å². The summed E-state index contributed by atoms with van der Waals surface area (Å²) in [7, 11) is 0. The van der Waals surface area contributed by atoms with Crippen molar-refractivity contribution in [3.8, 4) is 0 Å². The van der Waals surface area contributed by atoms with Crippen LogP contribution in [0.2, 0.25) is 0 Å². The molecule has 0 saturated carbocycles. The van der Waals surface area contributed by atoms with Crippen LogP contribution < -0.4 is 5.32 Å². The highest BCUT2D eigenvalue weighted by atomic mass is 32.1. The third-order valence-corrected chi connectivity index (χ3v) is 4.95. The fraction of sp³-hybridized carbons (Fsp3) is 0.500. The standard InChI is InChI=1S/C18H26N2S/c1-5-11-19-17(18-13(3)20-14(4)21-18)12-16-9-7-15(6-2)8-10-16/h7-10,17,19H,5-6,11-12H2,1-4H3. The number of hydrogen-bond donors (Lipinski definition) is 1. The van der Waals surface area contributed by atoms with Gasteiger partial charge < -0.3 is 5.32 Å². The van der Waals surface area contributed by atoms with Crippen molar-refractivity contribution in [1.29, 1.82) is 0 Å². The molecular weight excluding hydrogens is 276 g/mol. The van der Waals surface area contributed by atoms with Crippen molar-refractivity contribution in [2.45, 2.75) is 53.0 Å². The smallest absolute Gasteiger partial charge is 0.0900 e.